The Hall–Kier alpha value is -1.31. The third-order valence-corrected chi connectivity index (χ3v) is 3.49. The van der Waals surface area contributed by atoms with E-state index in [2.05, 4.69) is 15.6 Å². The molecule has 0 atom stereocenters. The molecule has 1 aromatic carbocycles. The molecule has 2 N–H and O–H groups in total. The van der Waals surface area contributed by atoms with Gasteiger partial charge in [-0.2, -0.15) is 0 Å². The molecule has 1 heterocycles. The van der Waals surface area contributed by atoms with E-state index in [9.17, 15) is 4.79 Å². The highest BCUT2D eigenvalue weighted by Gasteiger charge is 2.19. The molecule has 0 aromatic heterocycles. The first kappa shape index (κ1) is 17.7. The predicted octanol–water partition coefficient (Wildman–Crippen LogP) is 2.12. The lowest BCUT2D eigenvalue weighted by Crippen LogP contribution is -2.35. The maximum absolute atomic E-state index is 11.9. The SMILES string of the molecule is CN=C(NC)NCc1ccc(N2CCCCC2=O)cc1.I. The summed E-state index contributed by atoms with van der Waals surface area (Å²) in [6, 6.07) is 8.13. The normalized spacial score (nSPS) is 15.4. The molecule has 0 bridgehead atoms. The molecule has 1 amide bonds. The van der Waals surface area contributed by atoms with Gasteiger partial charge in [-0.1, -0.05) is 12.1 Å². The lowest BCUT2D eigenvalue weighted by atomic mass is 10.1. The molecule has 5 nitrogen and oxygen atoms in total. The van der Waals surface area contributed by atoms with Crippen molar-refractivity contribution in [1.29, 1.82) is 0 Å². The second-order valence-electron chi connectivity index (χ2n) is 4.84. The fourth-order valence-electron chi connectivity index (χ4n) is 2.34. The van der Waals surface area contributed by atoms with E-state index in [1.807, 2.05) is 36.2 Å². The number of piperidine rings is 1. The maximum Gasteiger partial charge on any atom is 0.226 e. The molecular weight excluding hydrogens is 379 g/mol. The summed E-state index contributed by atoms with van der Waals surface area (Å²) in [5.74, 6) is 0.998. The third-order valence-electron chi connectivity index (χ3n) is 3.49. The van der Waals surface area contributed by atoms with Crippen LogP contribution >= 0.6 is 24.0 Å². The molecule has 1 saturated heterocycles. The first-order valence-electron chi connectivity index (χ1n) is 7.02. The number of hydrogen-bond acceptors (Lipinski definition) is 2. The summed E-state index contributed by atoms with van der Waals surface area (Å²) in [4.78, 5) is 17.8. The summed E-state index contributed by atoms with van der Waals surface area (Å²) < 4.78 is 0. The maximum atomic E-state index is 11.9. The molecule has 1 aliphatic rings. The second kappa shape index (κ2) is 8.86. The Morgan fingerprint density at radius 3 is 2.57 bits per heavy atom. The zero-order valence-electron chi connectivity index (χ0n) is 12.6. The van der Waals surface area contributed by atoms with Crippen LogP contribution in [-0.4, -0.2) is 32.5 Å². The number of carbonyl (C=O) groups is 1. The van der Waals surface area contributed by atoms with Crippen LogP contribution in [0.15, 0.2) is 29.3 Å². The van der Waals surface area contributed by atoms with Crippen molar-refractivity contribution < 1.29 is 4.79 Å². The molecule has 0 saturated carbocycles. The van der Waals surface area contributed by atoms with Crippen LogP contribution in [0.5, 0.6) is 0 Å². The number of nitrogens with zero attached hydrogens (tertiary/aromatic N) is 2. The molecule has 1 fully saturated rings. The summed E-state index contributed by atoms with van der Waals surface area (Å²) in [5, 5.41) is 6.18. The standard InChI is InChI=1S/C15H22N4O.HI/c1-16-15(17-2)18-11-12-6-8-13(9-7-12)19-10-4-3-5-14(19)20;/h6-9H,3-5,10-11H2,1-2H3,(H2,16,17,18);1H. The number of carbonyl (C=O) groups excluding carboxylic acids is 1. The van der Waals surface area contributed by atoms with E-state index in [1.165, 1.54) is 0 Å². The van der Waals surface area contributed by atoms with Crippen LogP contribution in [0, 0.1) is 0 Å². The highest BCUT2D eigenvalue weighted by Crippen LogP contribution is 2.21. The van der Waals surface area contributed by atoms with Gasteiger partial charge in [-0.3, -0.25) is 9.79 Å². The molecular formula is C15H23IN4O. The number of amides is 1. The van der Waals surface area contributed by atoms with E-state index in [0.717, 1.165) is 36.6 Å². The predicted molar refractivity (Wildman–Crippen MR) is 97.3 cm³/mol. The van der Waals surface area contributed by atoms with E-state index >= 15 is 0 Å². The Bertz CT molecular complexity index is 487. The second-order valence-corrected chi connectivity index (χ2v) is 4.84. The highest BCUT2D eigenvalue weighted by molar-refractivity contribution is 14.0. The van der Waals surface area contributed by atoms with Crippen molar-refractivity contribution in [1.82, 2.24) is 10.6 Å². The van der Waals surface area contributed by atoms with Gasteiger partial charge in [-0.25, -0.2) is 0 Å². The topological polar surface area (TPSA) is 56.7 Å². The Labute approximate surface area is 143 Å². The minimum absolute atomic E-state index is 0. The zero-order valence-corrected chi connectivity index (χ0v) is 14.9. The number of hydrogen-bond donors (Lipinski definition) is 2. The van der Waals surface area contributed by atoms with Gasteiger partial charge in [0.25, 0.3) is 0 Å². The molecule has 116 valence electrons. The van der Waals surface area contributed by atoms with Crippen LogP contribution in [-0.2, 0) is 11.3 Å². The molecule has 0 radical (unpaired) electrons. The molecule has 2 rings (SSSR count). The smallest absolute Gasteiger partial charge is 0.226 e. The van der Waals surface area contributed by atoms with Crippen molar-refractivity contribution in [3.8, 4) is 0 Å². The molecule has 6 heteroatoms. The number of nitrogens with one attached hydrogen (secondary N) is 2. The van der Waals surface area contributed by atoms with E-state index in [4.69, 9.17) is 0 Å². The Balaban J connectivity index is 0.00000220. The van der Waals surface area contributed by atoms with E-state index in [1.54, 1.807) is 7.05 Å². The Morgan fingerprint density at radius 1 is 1.29 bits per heavy atom. The number of benzene rings is 1. The van der Waals surface area contributed by atoms with Crippen molar-refractivity contribution in [2.45, 2.75) is 25.8 Å². The lowest BCUT2D eigenvalue weighted by Gasteiger charge is -2.26. The number of anilines is 1. The molecule has 21 heavy (non-hydrogen) atoms. The monoisotopic (exact) mass is 402 g/mol. The molecule has 1 aromatic rings. The van der Waals surface area contributed by atoms with Crippen LogP contribution in [0.4, 0.5) is 5.69 Å². The molecule has 0 unspecified atom stereocenters. The summed E-state index contributed by atoms with van der Waals surface area (Å²) in [6.45, 7) is 1.55. The summed E-state index contributed by atoms with van der Waals surface area (Å²) in [5.41, 5.74) is 2.16. The first-order chi connectivity index (χ1) is 9.74. The molecule has 0 spiro atoms. The number of halogens is 1. The van der Waals surface area contributed by atoms with Crippen molar-refractivity contribution in [3.63, 3.8) is 0 Å². The van der Waals surface area contributed by atoms with Crippen LogP contribution < -0.4 is 15.5 Å². The van der Waals surface area contributed by atoms with E-state index < -0.39 is 0 Å². The minimum atomic E-state index is 0. The highest BCUT2D eigenvalue weighted by atomic mass is 127. The molecule has 1 aliphatic heterocycles. The number of rotatable bonds is 3. The summed E-state index contributed by atoms with van der Waals surface area (Å²) in [7, 11) is 3.57. The van der Waals surface area contributed by atoms with Crippen molar-refractivity contribution in [3.05, 3.63) is 29.8 Å². The van der Waals surface area contributed by atoms with Gasteiger partial charge in [0.2, 0.25) is 5.91 Å². The van der Waals surface area contributed by atoms with E-state index in [0.29, 0.717) is 13.0 Å². The fraction of sp³-hybridized carbons (Fsp3) is 0.467. The Morgan fingerprint density at radius 2 is 2.00 bits per heavy atom. The van der Waals surface area contributed by atoms with Gasteiger partial charge >= 0.3 is 0 Å². The van der Waals surface area contributed by atoms with Gasteiger partial charge in [-0.15, -0.1) is 24.0 Å². The molecule has 0 aliphatic carbocycles. The van der Waals surface area contributed by atoms with E-state index in [-0.39, 0.29) is 29.9 Å². The number of aliphatic imine (C=N–C) groups is 1. The average molecular weight is 402 g/mol. The lowest BCUT2D eigenvalue weighted by molar-refractivity contribution is -0.119. The van der Waals surface area contributed by atoms with Crippen LogP contribution in [0.2, 0.25) is 0 Å². The van der Waals surface area contributed by atoms with Crippen molar-refractivity contribution in [2.75, 3.05) is 25.5 Å². The third kappa shape index (κ3) is 4.87. The summed E-state index contributed by atoms with van der Waals surface area (Å²) in [6.07, 6.45) is 2.77. The Kier molecular flexibility index (Phi) is 7.49. The minimum Gasteiger partial charge on any atom is -0.359 e. The van der Waals surface area contributed by atoms with Gasteiger partial charge in [0, 0.05) is 39.3 Å². The van der Waals surface area contributed by atoms with Crippen LogP contribution in [0.1, 0.15) is 24.8 Å². The van der Waals surface area contributed by atoms with Crippen LogP contribution in [0.25, 0.3) is 0 Å². The van der Waals surface area contributed by atoms with Gasteiger partial charge in [0.15, 0.2) is 5.96 Å². The van der Waals surface area contributed by atoms with Gasteiger partial charge in [0.1, 0.15) is 0 Å². The van der Waals surface area contributed by atoms with Gasteiger partial charge < -0.3 is 15.5 Å². The van der Waals surface area contributed by atoms with Gasteiger partial charge in [0.05, 0.1) is 0 Å². The van der Waals surface area contributed by atoms with Gasteiger partial charge in [-0.05, 0) is 30.5 Å². The van der Waals surface area contributed by atoms with Crippen molar-refractivity contribution in [2.24, 2.45) is 4.99 Å². The van der Waals surface area contributed by atoms with Crippen molar-refractivity contribution >= 4 is 41.5 Å². The van der Waals surface area contributed by atoms with Crippen LogP contribution in [0.3, 0.4) is 0 Å². The quantitative estimate of drug-likeness (QED) is 0.463. The zero-order chi connectivity index (χ0) is 14.4. The summed E-state index contributed by atoms with van der Waals surface area (Å²) >= 11 is 0. The number of guanidine groups is 1. The first-order valence-corrected chi connectivity index (χ1v) is 7.02. The average Bonchev–Trinajstić information content (AvgIpc) is 2.49. The fourth-order valence-corrected chi connectivity index (χ4v) is 2.34. The largest absolute Gasteiger partial charge is 0.359 e.